The number of unbranched alkanes of at least 4 members (excludes halogenated alkanes) is 24. The molecular formula is C67H114O9Si. The smallest absolute Gasteiger partial charge is 0.334 e. The summed E-state index contributed by atoms with van der Waals surface area (Å²) in [5.74, 6) is -0.948. The van der Waals surface area contributed by atoms with E-state index in [9.17, 15) is 19.2 Å². The lowest BCUT2D eigenvalue weighted by atomic mass is 10.0. The highest BCUT2D eigenvalue weighted by atomic mass is 28.4. The van der Waals surface area contributed by atoms with Gasteiger partial charge in [-0.05, 0) is 98.9 Å². The molecule has 0 radical (unpaired) electrons. The van der Waals surface area contributed by atoms with E-state index in [2.05, 4.69) is 72.7 Å². The second kappa shape index (κ2) is 45.3. The van der Waals surface area contributed by atoms with Crippen LogP contribution < -0.4 is 10.4 Å². The van der Waals surface area contributed by atoms with E-state index >= 15 is 0 Å². The van der Waals surface area contributed by atoms with Crippen LogP contribution in [0.2, 0.25) is 5.04 Å². The first-order valence-corrected chi connectivity index (χ1v) is 33.8. The van der Waals surface area contributed by atoms with Gasteiger partial charge in [-0.3, -0.25) is 14.4 Å². The normalized spacial score (nSPS) is 13.0. The van der Waals surface area contributed by atoms with Crippen LogP contribution in [0.15, 0.2) is 60.7 Å². The van der Waals surface area contributed by atoms with Crippen LogP contribution in [0, 0.1) is 0 Å². The second-order valence-electron chi connectivity index (χ2n) is 23.3. The zero-order chi connectivity index (χ0) is 56.1. The molecule has 10 heteroatoms. The molecule has 0 aromatic heterocycles. The maximum Gasteiger partial charge on any atom is 0.334 e. The summed E-state index contributed by atoms with van der Waals surface area (Å²) < 4.78 is 31.0. The van der Waals surface area contributed by atoms with Crippen LogP contribution in [0.4, 0.5) is 0 Å². The summed E-state index contributed by atoms with van der Waals surface area (Å²) >= 11 is 0. The summed E-state index contributed by atoms with van der Waals surface area (Å²) in [4.78, 5) is 53.3. The van der Waals surface area contributed by atoms with E-state index < -0.39 is 20.4 Å². The lowest BCUT2D eigenvalue weighted by molar-refractivity contribution is -0.154. The molecule has 3 unspecified atom stereocenters. The largest absolute Gasteiger partial charge is 0.466 e. The molecule has 2 rings (SSSR count). The number of carbonyl (C=O) groups excluding carboxylic acids is 4. The van der Waals surface area contributed by atoms with Crippen molar-refractivity contribution in [2.75, 3.05) is 13.2 Å². The van der Waals surface area contributed by atoms with E-state index in [-0.39, 0.29) is 54.6 Å². The Labute approximate surface area is 472 Å². The molecule has 9 nitrogen and oxygen atoms in total. The lowest BCUT2D eigenvalue weighted by Crippen LogP contribution is -2.68. The second-order valence-corrected chi connectivity index (χ2v) is 27.5. The Hall–Kier alpha value is -3.50. The fourth-order valence-electron chi connectivity index (χ4n) is 10.6. The highest BCUT2D eigenvalue weighted by molar-refractivity contribution is 6.99. The number of rotatable bonds is 50. The van der Waals surface area contributed by atoms with Gasteiger partial charge in [-0.25, -0.2) is 4.79 Å². The Morgan fingerprint density at radius 3 is 1.12 bits per heavy atom. The van der Waals surface area contributed by atoms with Crippen LogP contribution >= 0.6 is 0 Å². The average Bonchev–Trinajstić information content (AvgIpc) is 3.46. The monoisotopic (exact) mass is 1090 g/mol. The molecule has 0 heterocycles. The Morgan fingerprint density at radius 2 is 0.727 bits per heavy atom. The molecule has 0 saturated heterocycles. The first kappa shape index (κ1) is 69.6. The zero-order valence-corrected chi connectivity index (χ0v) is 51.5. The highest BCUT2D eigenvalue weighted by Gasteiger charge is 2.52. The molecule has 2 aromatic rings. The van der Waals surface area contributed by atoms with Gasteiger partial charge in [-0.2, -0.15) is 0 Å². The summed E-state index contributed by atoms with van der Waals surface area (Å²) in [6, 6.07) is 20.4. The third-order valence-electron chi connectivity index (χ3n) is 15.3. The number of esters is 4. The van der Waals surface area contributed by atoms with Gasteiger partial charge in [0, 0.05) is 19.3 Å². The summed E-state index contributed by atoms with van der Waals surface area (Å²) in [5, 5.41) is 1.71. The Kier molecular flexibility index (Phi) is 40.9. The highest BCUT2D eigenvalue weighted by Crippen LogP contribution is 2.38. The summed E-state index contributed by atoms with van der Waals surface area (Å²) in [6.45, 7) is 16.0. The third kappa shape index (κ3) is 32.4. The minimum absolute atomic E-state index is 0.0274. The summed E-state index contributed by atoms with van der Waals surface area (Å²) in [6.07, 6.45) is 37.0. The molecule has 3 atom stereocenters. The number of benzene rings is 2. The topological polar surface area (TPSA) is 114 Å². The number of hydrogen-bond acceptors (Lipinski definition) is 9. The molecule has 0 N–H and O–H groups in total. The summed E-state index contributed by atoms with van der Waals surface area (Å²) in [7, 11) is -3.16. The van der Waals surface area contributed by atoms with Crippen LogP contribution in [0.1, 0.15) is 292 Å². The molecular weight excluding hydrogens is 977 g/mol. The molecule has 0 spiro atoms. The first-order chi connectivity index (χ1) is 37.4. The molecule has 440 valence electrons. The standard InChI is InChI=1S/C67H114O9Si/c1-8-12-16-20-24-34-46-58(44-32-18-14-10-3)74-64(69)52-40-26-22-28-42-56-72-63(68)55-54-62(76-77(67(5,6)7,60-48-36-30-37-49-60)61-50-38-31-39-51-61)66(71)73-57-43-29-23-27-41-53-65(70)75-59(45-33-19-15-11-4)47-35-25-21-17-13-9-2/h30-31,36-39,48-51,58-59,62H,8-29,32-35,40-47,52-57H2,1-7H3. The molecule has 0 amide bonds. The Balaban J connectivity index is 1.92. The molecule has 0 saturated carbocycles. The van der Waals surface area contributed by atoms with E-state index in [0.717, 1.165) is 120 Å². The first-order valence-electron chi connectivity index (χ1n) is 31.9. The fraction of sp³-hybridized carbons (Fsp3) is 0.761. The maximum atomic E-state index is 14.2. The van der Waals surface area contributed by atoms with Crippen molar-refractivity contribution in [3.8, 4) is 0 Å². The molecule has 0 bridgehead atoms. The van der Waals surface area contributed by atoms with E-state index in [1.54, 1.807) is 0 Å². The van der Waals surface area contributed by atoms with E-state index in [4.69, 9.17) is 23.4 Å². The van der Waals surface area contributed by atoms with Gasteiger partial charge in [0.1, 0.15) is 18.3 Å². The number of carbonyl (C=O) groups is 4. The Morgan fingerprint density at radius 1 is 0.390 bits per heavy atom. The quantitative estimate of drug-likeness (QED) is 0.0276. The van der Waals surface area contributed by atoms with Crippen molar-refractivity contribution in [2.45, 2.75) is 316 Å². The van der Waals surface area contributed by atoms with Gasteiger partial charge >= 0.3 is 23.9 Å². The van der Waals surface area contributed by atoms with Crippen molar-refractivity contribution >= 4 is 42.6 Å². The number of ether oxygens (including phenoxy) is 4. The molecule has 0 aliphatic heterocycles. The van der Waals surface area contributed by atoms with Crippen LogP contribution in [0.5, 0.6) is 0 Å². The maximum absolute atomic E-state index is 14.2. The predicted octanol–water partition coefficient (Wildman–Crippen LogP) is 17.7. The van der Waals surface area contributed by atoms with Crippen molar-refractivity contribution in [3.63, 3.8) is 0 Å². The Bertz CT molecular complexity index is 1710. The zero-order valence-electron chi connectivity index (χ0n) is 50.5. The average molecular weight is 1090 g/mol. The molecule has 0 fully saturated rings. The van der Waals surface area contributed by atoms with Gasteiger partial charge in [0.25, 0.3) is 8.32 Å². The van der Waals surface area contributed by atoms with Gasteiger partial charge in [0.15, 0.2) is 0 Å². The SMILES string of the molecule is CCCCCCCCC(CCCCCC)OC(=O)CCCCCCCOC(=O)CCC(O[Si](c1ccccc1)(c1ccccc1)C(C)(C)C)C(=O)OCCCCCCCC(=O)OC(CCCCCC)CCCCCCCC. The minimum Gasteiger partial charge on any atom is -0.466 e. The third-order valence-corrected chi connectivity index (χ3v) is 20.3. The van der Waals surface area contributed by atoms with Gasteiger partial charge < -0.3 is 23.4 Å². The van der Waals surface area contributed by atoms with Crippen LogP contribution in [0.3, 0.4) is 0 Å². The van der Waals surface area contributed by atoms with Gasteiger partial charge in [0.05, 0.1) is 13.2 Å². The molecule has 2 aromatic carbocycles. The van der Waals surface area contributed by atoms with Crippen molar-refractivity contribution in [3.05, 3.63) is 60.7 Å². The van der Waals surface area contributed by atoms with Crippen molar-refractivity contribution < 1.29 is 42.6 Å². The fourth-order valence-corrected chi connectivity index (χ4v) is 15.3. The van der Waals surface area contributed by atoms with Crippen LogP contribution in [-0.2, 0) is 42.6 Å². The van der Waals surface area contributed by atoms with Crippen molar-refractivity contribution in [2.24, 2.45) is 0 Å². The predicted molar refractivity (Wildman–Crippen MR) is 322 cm³/mol. The lowest BCUT2D eigenvalue weighted by Gasteiger charge is -2.44. The molecule has 77 heavy (non-hydrogen) atoms. The van der Waals surface area contributed by atoms with Gasteiger partial charge in [0.2, 0.25) is 0 Å². The van der Waals surface area contributed by atoms with Gasteiger partial charge in [-0.1, -0.05) is 250 Å². The van der Waals surface area contributed by atoms with Crippen LogP contribution in [-0.4, -0.2) is 63.7 Å². The number of hydrogen-bond donors (Lipinski definition) is 0. The van der Waals surface area contributed by atoms with Crippen LogP contribution in [0.25, 0.3) is 0 Å². The molecule has 0 aliphatic rings. The minimum atomic E-state index is -3.16. The van der Waals surface area contributed by atoms with Gasteiger partial charge in [-0.15, -0.1) is 0 Å². The van der Waals surface area contributed by atoms with E-state index in [0.29, 0.717) is 25.9 Å². The van der Waals surface area contributed by atoms with Crippen molar-refractivity contribution in [1.82, 2.24) is 0 Å². The molecule has 0 aliphatic carbocycles. The van der Waals surface area contributed by atoms with E-state index in [1.807, 2.05) is 36.4 Å². The van der Waals surface area contributed by atoms with Crippen molar-refractivity contribution in [1.29, 1.82) is 0 Å². The summed E-state index contributed by atoms with van der Waals surface area (Å²) in [5.41, 5.74) is 0. The van der Waals surface area contributed by atoms with E-state index in [1.165, 1.54) is 103 Å².